The summed E-state index contributed by atoms with van der Waals surface area (Å²) in [7, 11) is 0. The second kappa shape index (κ2) is 15.1. The predicted octanol–water partition coefficient (Wildman–Crippen LogP) is -2.84. The van der Waals surface area contributed by atoms with Gasteiger partial charge in [-0.25, -0.2) is 0 Å². The Balaban J connectivity index is 1.36. The lowest BCUT2D eigenvalue weighted by Gasteiger charge is -2.46. The van der Waals surface area contributed by atoms with Crippen LogP contribution in [0.5, 0.6) is 28.7 Å². The van der Waals surface area contributed by atoms with Crippen molar-refractivity contribution < 1.29 is 94.1 Å². The summed E-state index contributed by atoms with van der Waals surface area (Å²) < 4.78 is 40.0. The number of aliphatic hydroxyl groups is 8. The van der Waals surface area contributed by atoms with Gasteiger partial charge in [-0.2, -0.15) is 0 Å². The number of aliphatic hydroxyl groups excluding tert-OH is 8. The molecule has 3 aliphatic rings. The van der Waals surface area contributed by atoms with Crippen LogP contribution in [0.4, 0.5) is 0 Å². The quantitative estimate of drug-likeness (QED) is 0.103. The molecule has 2 aromatic carbocycles. The number of fused-ring (bicyclic) bond motifs is 1. The standard InChI is InChI=1S/C33H40O20/c1-9-19(38)22(41)25(44)31(48-9)47-8-17-29(52-32-26(45)23(42)20(39)10(2)49-32)24(43)27(46)33(51-17)53-30-21(40)18-15(37)6-12(34)7-16(18)50-28(30)11-3-4-13(35)14(36)5-11/h3-7,9-10,17,19-20,22-27,29,31-39,41-46H,8H2,1-2H3/t9-,10-,17+,19-,20-,22+,23+,24+,25+,26+,27+,29+,31+,32-,33-/m0/s1. The van der Waals surface area contributed by atoms with Gasteiger partial charge in [-0.1, -0.05) is 0 Å². The molecule has 3 fully saturated rings. The third kappa shape index (κ3) is 7.34. The maximum absolute atomic E-state index is 13.9. The Morgan fingerprint density at radius 1 is 0.642 bits per heavy atom. The minimum Gasteiger partial charge on any atom is -0.508 e. The molecule has 0 bridgehead atoms. The van der Waals surface area contributed by atoms with E-state index in [0.717, 1.165) is 24.3 Å². The van der Waals surface area contributed by atoms with Gasteiger partial charge in [0, 0.05) is 17.7 Å². The van der Waals surface area contributed by atoms with Gasteiger partial charge in [0.1, 0.15) is 83.5 Å². The molecule has 3 aromatic rings. The van der Waals surface area contributed by atoms with E-state index in [0.29, 0.717) is 0 Å². The Bertz CT molecular complexity index is 1830. The van der Waals surface area contributed by atoms with Crippen molar-refractivity contribution in [2.45, 2.75) is 106 Å². The fourth-order valence-corrected chi connectivity index (χ4v) is 6.27. The van der Waals surface area contributed by atoms with Crippen LogP contribution in [-0.2, 0) is 23.7 Å². The number of phenols is 4. The first kappa shape index (κ1) is 38.8. The average molecular weight is 757 g/mol. The Morgan fingerprint density at radius 2 is 1.25 bits per heavy atom. The summed E-state index contributed by atoms with van der Waals surface area (Å²) in [6.45, 7) is 2.05. The van der Waals surface area contributed by atoms with E-state index in [1.165, 1.54) is 19.9 Å². The van der Waals surface area contributed by atoms with Crippen molar-refractivity contribution in [3.63, 3.8) is 0 Å². The maximum atomic E-state index is 13.9. The van der Waals surface area contributed by atoms with Crippen LogP contribution < -0.4 is 10.2 Å². The number of aromatic hydroxyl groups is 4. The zero-order valence-corrected chi connectivity index (χ0v) is 27.9. The van der Waals surface area contributed by atoms with Crippen molar-refractivity contribution in [3.8, 4) is 40.1 Å². The molecule has 3 saturated heterocycles. The number of benzene rings is 2. The summed E-state index contributed by atoms with van der Waals surface area (Å²) in [6, 6.07) is 5.11. The highest BCUT2D eigenvalue weighted by Gasteiger charge is 2.52. The molecule has 20 heteroatoms. The summed E-state index contributed by atoms with van der Waals surface area (Å²) in [5, 5.41) is 125. The minimum absolute atomic E-state index is 0.0827. The van der Waals surface area contributed by atoms with Crippen LogP contribution in [0, 0.1) is 0 Å². The van der Waals surface area contributed by atoms with E-state index in [1.807, 2.05) is 0 Å². The van der Waals surface area contributed by atoms with Crippen molar-refractivity contribution in [2.24, 2.45) is 0 Å². The summed E-state index contributed by atoms with van der Waals surface area (Å²) >= 11 is 0. The van der Waals surface area contributed by atoms with Crippen molar-refractivity contribution in [3.05, 3.63) is 40.6 Å². The average Bonchev–Trinajstić information content (AvgIpc) is 3.11. The van der Waals surface area contributed by atoms with E-state index in [2.05, 4.69) is 0 Å². The Labute approximate surface area is 298 Å². The van der Waals surface area contributed by atoms with Gasteiger partial charge >= 0.3 is 0 Å². The largest absolute Gasteiger partial charge is 0.508 e. The molecule has 53 heavy (non-hydrogen) atoms. The van der Waals surface area contributed by atoms with Gasteiger partial charge in [-0.05, 0) is 32.0 Å². The monoisotopic (exact) mass is 756 g/mol. The number of rotatable bonds is 8. The molecular formula is C33H40O20. The molecule has 15 atom stereocenters. The zero-order chi connectivity index (χ0) is 38.6. The van der Waals surface area contributed by atoms with Gasteiger partial charge in [0.15, 0.2) is 29.8 Å². The van der Waals surface area contributed by atoms with Gasteiger partial charge in [-0.15, -0.1) is 0 Å². The van der Waals surface area contributed by atoms with E-state index in [9.17, 15) is 66.1 Å². The smallest absolute Gasteiger partial charge is 0.239 e. The molecule has 6 rings (SSSR count). The van der Waals surface area contributed by atoms with Gasteiger partial charge in [0.25, 0.3) is 0 Å². The van der Waals surface area contributed by atoms with Gasteiger partial charge in [0.05, 0.1) is 18.8 Å². The minimum atomic E-state index is -2.11. The Morgan fingerprint density at radius 3 is 1.89 bits per heavy atom. The molecule has 0 spiro atoms. The Hall–Kier alpha value is -3.87. The molecule has 292 valence electrons. The molecule has 3 aliphatic heterocycles. The highest BCUT2D eigenvalue weighted by atomic mass is 16.8. The van der Waals surface area contributed by atoms with E-state index in [4.69, 9.17) is 32.8 Å². The molecule has 4 heterocycles. The summed E-state index contributed by atoms with van der Waals surface area (Å²) in [6.07, 6.45) is -25.0. The van der Waals surface area contributed by atoms with Crippen LogP contribution in [0.15, 0.2) is 39.5 Å². The summed E-state index contributed by atoms with van der Waals surface area (Å²) in [5.74, 6) is -3.61. The molecule has 0 aliphatic carbocycles. The first-order valence-electron chi connectivity index (χ1n) is 16.4. The van der Waals surface area contributed by atoms with Crippen molar-refractivity contribution in [1.82, 2.24) is 0 Å². The van der Waals surface area contributed by atoms with Crippen LogP contribution in [0.2, 0.25) is 0 Å². The van der Waals surface area contributed by atoms with Crippen LogP contribution in [0.3, 0.4) is 0 Å². The van der Waals surface area contributed by atoms with Crippen LogP contribution in [0.1, 0.15) is 13.8 Å². The van der Waals surface area contributed by atoms with Crippen LogP contribution in [-0.4, -0.2) is 160 Å². The first-order chi connectivity index (χ1) is 25.0. The molecule has 12 N–H and O–H groups in total. The molecule has 20 nitrogen and oxygen atoms in total. The van der Waals surface area contributed by atoms with E-state index in [-0.39, 0.29) is 11.1 Å². The maximum Gasteiger partial charge on any atom is 0.239 e. The highest BCUT2D eigenvalue weighted by Crippen LogP contribution is 2.40. The van der Waals surface area contributed by atoms with E-state index >= 15 is 0 Å². The molecule has 0 unspecified atom stereocenters. The molecule has 1 aromatic heterocycles. The SMILES string of the molecule is C[C@@H]1O[C@@H](OC[C@H]2O[C@@H](Oc3c(-c4ccc(O)c(O)c4)oc4cc(O)cc(O)c4c3=O)[C@H](O)[C@@H](O)[C@@H]2O[C@@H]2O[C@@H](C)[C@H](O)[C@@H](O)[C@H]2O)[C@H](O)[C@H](O)[C@H]1O. The zero-order valence-electron chi connectivity index (χ0n) is 27.9. The van der Waals surface area contributed by atoms with Crippen LogP contribution in [0.25, 0.3) is 22.3 Å². The van der Waals surface area contributed by atoms with Crippen molar-refractivity contribution in [1.29, 1.82) is 0 Å². The lowest BCUT2D eigenvalue weighted by Crippen LogP contribution is -2.65. The topological polar surface area (TPSA) is 328 Å². The molecular weight excluding hydrogens is 716 g/mol. The number of hydrogen-bond acceptors (Lipinski definition) is 20. The molecule has 0 amide bonds. The second-order valence-electron chi connectivity index (χ2n) is 13.1. The van der Waals surface area contributed by atoms with E-state index in [1.54, 1.807) is 0 Å². The lowest BCUT2D eigenvalue weighted by molar-refractivity contribution is -0.357. The van der Waals surface area contributed by atoms with Gasteiger partial charge in [-0.3, -0.25) is 4.79 Å². The number of phenolic OH excluding ortho intramolecular Hbond substituents is 4. The second-order valence-corrected chi connectivity index (χ2v) is 13.1. The fraction of sp³-hybridized carbons (Fsp3) is 0.545. The molecule has 0 saturated carbocycles. The number of ether oxygens (including phenoxy) is 6. The third-order valence-corrected chi connectivity index (χ3v) is 9.36. The van der Waals surface area contributed by atoms with Crippen LogP contribution >= 0.6 is 0 Å². The van der Waals surface area contributed by atoms with E-state index < -0.39 is 144 Å². The normalized spacial score (nSPS) is 37.8. The Kier molecular flexibility index (Phi) is 11.1. The van der Waals surface area contributed by atoms with Crippen molar-refractivity contribution in [2.75, 3.05) is 6.61 Å². The summed E-state index contributed by atoms with van der Waals surface area (Å²) in [4.78, 5) is 13.9. The molecule has 0 radical (unpaired) electrons. The van der Waals surface area contributed by atoms with Gasteiger partial charge in [0.2, 0.25) is 17.5 Å². The first-order valence-corrected chi connectivity index (χ1v) is 16.4. The third-order valence-electron chi connectivity index (χ3n) is 9.36. The highest BCUT2D eigenvalue weighted by molar-refractivity contribution is 5.88. The van der Waals surface area contributed by atoms with Gasteiger partial charge < -0.3 is 94.1 Å². The number of hydrogen-bond donors (Lipinski definition) is 12. The predicted molar refractivity (Wildman–Crippen MR) is 171 cm³/mol. The lowest BCUT2D eigenvalue weighted by atomic mass is 9.97. The van der Waals surface area contributed by atoms with Crippen molar-refractivity contribution >= 4 is 11.0 Å². The fourth-order valence-electron chi connectivity index (χ4n) is 6.27. The summed E-state index contributed by atoms with van der Waals surface area (Å²) in [5.41, 5.74) is -1.50.